The number of aromatic carboxylic acids is 1. The van der Waals surface area contributed by atoms with Gasteiger partial charge >= 0.3 is 5.97 Å². The van der Waals surface area contributed by atoms with E-state index in [0.29, 0.717) is 4.88 Å². The maximum atomic E-state index is 10.7. The predicted molar refractivity (Wildman–Crippen MR) is 64.3 cm³/mol. The number of nitrogens with zero attached hydrogens (tertiary/aromatic N) is 2. The Kier molecular flexibility index (Phi) is 3.98. The zero-order valence-electron chi connectivity index (χ0n) is 8.38. The van der Waals surface area contributed by atoms with Gasteiger partial charge < -0.3 is 5.11 Å². The van der Waals surface area contributed by atoms with Crippen molar-refractivity contribution < 1.29 is 9.90 Å². The van der Waals surface area contributed by atoms with Crippen molar-refractivity contribution in [2.45, 2.75) is 6.92 Å². The van der Waals surface area contributed by atoms with Crippen LogP contribution in [0.4, 0.5) is 0 Å². The molecular formula is C10H9ClN2O2S. The van der Waals surface area contributed by atoms with Crippen LogP contribution in [-0.2, 0) is 0 Å². The van der Waals surface area contributed by atoms with E-state index in [0.717, 1.165) is 16.0 Å². The molecule has 2 rings (SSSR count). The minimum atomic E-state index is -0.897. The number of thiophene rings is 1. The molecule has 0 aliphatic carbocycles. The Morgan fingerprint density at radius 1 is 1.31 bits per heavy atom. The minimum Gasteiger partial charge on any atom is -0.477 e. The maximum absolute atomic E-state index is 10.7. The van der Waals surface area contributed by atoms with Gasteiger partial charge in [0.25, 0.3) is 0 Å². The highest BCUT2D eigenvalue weighted by atomic mass is 35.5. The summed E-state index contributed by atoms with van der Waals surface area (Å²) in [6.07, 6.45) is 3.31. The van der Waals surface area contributed by atoms with E-state index in [1.165, 1.54) is 11.3 Å². The monoisotopic (exact) mass is 256 g/mol. The zero-order valence-corrected chi connectivity index (χ0v) is 10.0. The SMILES string of the molecule is Cc1cnncc1-c1ccc(C(=O)O)s1.Cl. The van der Waals surface area contributed by atoms with Crippen molar-refractivity contribution in [3.05, 3.63) is 35.0 Å². The van der Waals surface area contributed by atoms with Gasteiger partial charge in [-0.3, -0.25) is 0 Å². The summed E-state index contributed by atoms with van der Waals surface area (Å²) >= 11 is 1.24. The molecule has 2 aromatic rings. The fraction of sp³-hybridized carbons (Fsp3) is 0.100. The summed E-state index contributed by atoms with van der Waals surface area (Å²) in [5.41, 5.74) is 1.92. The molecule has 0 bridgehead atoms. The second-order valence-corrected chi connectivity index (χ2v) is 4.14. The van der Waals surface area contributed by atoms with E-state index >= 15 is 0 Å². The quantitative estimate of drug-likeness (QED) is 0.897. The van der Waals surface area contributed by atoms with E-state index in [2.05, 4.69) is 10.2 Å². The van der Waals surface area contributed by atoms with Gasteiger partial charge in [0.2, 0.25) is 0 Å². The molecule has 0 saturated heterocycles. The lowest BCUT2D eigenvalue weighted by Crippen LogP contribution is -1.89. The van der Waals surface area contributed by atoms with Gasteiger partial charge in [0.15, 0.2) is 0 Å². The lowest BCUT2D eigenvalue weighted by Gasteiger charge is -1.99. The molecule has 0 aromatic carbocycles. The molecule has 0 spiro atoms. The average molecular weight is 257 g/mol. The number of hydrogen-bond acceptors (Lipinski definition) is 4. The van der Waals surface area contributed by atoms with E-state index < -0.39 is 5.97 Å². The number of aryl methyl sites for hydroxylation is 1. The molecule has 0 saturated carbocycles. The average Bonchev–Trinajstić information content (AvgIpc) is 2.67. The highest BCUT2D eigenvalue weighted by Crippen LogP contribution is 2.29. The van der Waals surface area contributed by atoms with E-state index in [1.54, 1.807) is 24.5 Å². The van der Waals surface area contributed by atoms with Crippen LogP contribution in [0.15, 0.2) is 24.5 Å². The van der Waals surface area contributed by atoms with Gasteiger partial charge in [-0.2, -0.15) is 10.2 Å². The van der Waals surface area contributed by atoms with Gasteiger partial charge in [-0.15, -0.1) is 23.7 Å². The van der Waals surface area contributed by atoms with Gasteiger partial charge in [-0.1, -0.05) is 0 Å². The molecule has 2 heterocycles. The van der Waals surface area contributed by atoms with Gasteiger partial charge in [-0.25, -0.2) is 4.79 Å². The van der Waals surface area contributed by atoms with Crippen LogP contribution in [0, 0.1) is 6.92 Å². The number of aromatic nitrogens is 2. The maximum Gasteiger partial charge on any atom is 0.345 e. The van der Waals surface area contributed by atoms with E-state index in [9.17, 15) is 4.79 Å². The van der Waals surface area contributed by atoms with Crippen molar-refractivity contribution in [1.29, 1.82) is 0 Å². The number of carboxylic acid groups (broad SMARTS) is 1. The first kappa shape index (κ1) is 12.6. The molecule has 0 amide bonds. The number of carboxylic acids is 1. The van der Waals surface area contributed by atoms with Crippen molar-refractivity contribution in [3.8, 4) is 10.4 Å². The zero-order chi connectivity index (χ0) is 10.8. The standard InChI is InChI=1S/C10H8N2O2S.ClH/c1-6-4-11-12-5-7(6)8-2-3-9(15-8)10(13)14;/h2-5H,1H3,(H,13,14);1H. The molecule has 6 heteroatoms. The van der Waals surface area contributed by atoms with Crippen LogP contribution in [0.2, 0.25) is 0 Å². The summed E-state index contributed by atoms with van der Waals surface area (Å²) in [6, 6.07) is 3.39. The summed E-state index contributed by atoms with van der Waals surface area (Å²) in [5.74, 6) is -0.897. The van der Waals surface area contributed by atoms with Gasteiger partial charge in [0, 0.05) is 10.4 Å². The largest absolute Gasteiger partial charge is 0.477 e. The first-order valence-corrected chi connectivity index (χ1v) is 5.11. The lowest BCUT2D eigenvalue weighted by atomic mass is 10.1. The third kappa shape index (κ3) is 2.37. The third-order valence-corrected chi connectivity index (χ3v) is 3.12. The Morgan fingerprint density at radius 2 is 2.00 bits per heavy atom. The number of rotatable bonds is 2. The predicted octanol–water partition coefficient (Wildman–Crippen LogP) is 2.63. The first-order chi connectivity index (χ1) is 7.18. The fourth-order valence-electron chi connectivity index (χ4n) is 1.24. The van der Waals surface area contributed by atoms with Crippen LogP contribution in [0.3, 0.4) is 0 Å². The number of halogens is 1. The molecule has 16 heavy (non-hydrogen) atoms. The molecule has 0 unspecified atom stereocenters. The van der Waals surface area contributed by atoms with E-state index in [1.807, 2.05) is 6.92 Å². The van der Waals surface area contributed by atoms with Crippen LogP contribution in [-0.4, -0.2) is 21.3 Å². The van der Waals surface area contributed by atoms with Gasteiger partial charge in [0.1, 0.15) is 4.88 Å². The molecule has 0 fully saturated rings. The Balaban J connectivity index is 0.00000128. The minimum absolute atomic E-state index is 0. The highest BCUT2D eigenvalue weighted by molar-refractivity contribution is 7.17. The van der Waals surface area contributed by atoms with Crippen LogP contribution >= 0.6 is 23.7 Å². The number of carbonyl (C=O) groups is 1. The van der Waals surface area contributed by atoms with Crippen molar-refractivity contribution in [3.63, 3.8) is 0 Å². The molecule has 0 aliphatic rings. The smallest absolute Gasteiger partial charge is 0.345 e. The number of hydrogen-bond donors (Lipinski definition) is 1. The summed E-state index contributed by atoms with van der Waals surface area (Å²) in [5, 5.41) is 16.3. The Labute approximate surface area is 102 Å². The van der Waals surface area contributed by atoms with Gasteiger partial charge in [0.05, 0.1) is 12.4 Å². The topological polar surface area (TPSA) is 63.1 Å². The second kappa shape index (κ2) is 5.05. The highest BCUT2D eigenvalue weighted by Gasteiger charge is 2.09. The lowest BCUT2D eigenvalue weighted by molar-refractivity contribution is 0.0702. The van der Waals surface area contributed by atoms with Crippen molar-refractivity contribution in [1.82, 2.24) is 10.2 Å². The van der Waals surface area contributed by atoms with Crippen molar-refractivity contribution >= 4 is 29.7 Å². The van der Waals surface area contributed by atoms with Crippen LogP contribution in [0.5, 0.6) is 0 Å². The molecule has 4 nitrogen and oxygen atoms in total. The second-order valence-electron chi connectivity index (χ2n) is 3.05. The Morgan fingerprint density at radius 3 is 2.56 bits per heavy atom. The molecule has 1 N–H and O–H groups in total. The Hall–Kier alpha value is -1.46. The summed E-state index contributed by atoms with van der Waals surface area (Å²) < 4.78 is 0. The van der Waals surface area contributed by atoms with Crippen molar-refractivity contribution in [2.75, 3.05) is 0 Å². The molecular weight excluding hydrogens is 248 g/mol. The summed E-state index contributed by atoms with van der Waals surface area (Å²) in [7, 11) is 0. The molecule has 84 valence electrons. The van der Waals surface area contributed by atoms with Gasteiger partial charge in [-0.05, 0) is 24.6 Å². The molecule has 0 aliphatic heterocycles. The molecule has 0 atom stereocenters. The summed E-state index contributed by atoms with van der Waals surface area (Å²) in [6.45, 7) is 1.92. The summed E-state index contributed by atoms with van der Waals surface area (Å²) in [4.78, 5) is 12.0. The first-order valence-electron chi connectivity index (χ1n) is 4.29. The van der Waals surface area contributed by atoms with Crippen LogP contribution in [0.1, 0.15) is 15.2 Å². The van der Waals surface area contributed by atoms with Crippen molar-refractivity contribution in [2.24, 2.45) is 0 Å². The van der Waals surface area contributed by atoms with E-state index in [-0.39, 0.29) is 12.4 Å². The van der Waals surface area contributed by atoms with Crippen LogP contribution < -0.4 is 0 Å². The molecule has 2 aromatic heterocycles. The fourth-order valence-corrected chi connectivity index (χ4v) is 2.16. The van der Waals surface area contributed by atoms with E-state index in [4.69, 9.17) is 5.11 Å². The third-order valence-electron chi connectivity index (χ3n) is 2.01. The normalized spacial score (nSPS) is 9.56. The Bertz CT molecular complexity index is 513. The molecule has 0 radical (unpaired) electrons. The van der Waals surface area contributed by atoms with Crippen LogP contribution in [0.25, 0.3) is 10.4 Å².